The zero-order valence-electron chi connectivity index (χ0n) is 8.63. The zero-order chi connectivity index (χ0) is 10.7. The third kappa shape index (κ3) is 2.51. The average Bonchev–Trinajstić information content (AvgIpc) is 2.16. The van der Waals surface area contributed by atoms with E-state index < -0.39 is 0 Å². The molecule has 1 N–H and O–H groups in total. The van der Waals surface area contributed by atoms with Gasteiger partial charge in [-0.05, 0) is 19.2 Å². The maximum atomic E-state index is 13.5. The zero-order valence-corrected chi connectivity index (χ0v) is 9.44. The molecule has 0 saturated carbocycles. The minimum Gasteiger partial charge on any atom is -0.379 e. The number of thioether (sulfide) groups is 1. The van der Waals surface area contributed by atoms with Gasteiger partial charge in [0.05, 0.1) is 18.5 Å². The summed E-state index contributed by atoms with van der Waals surface area (Å²) in [5.74, 6) is -0.130. The second-order valence-corrected chi connectivity index (χ2v) is 4.87. The Kier molecular flexibility index (Phi) is 3.61. The smallest absolute Gasteiger partial charge is 0.128 e. The van der Waals surface area contributed by atoms with Crippen LogP contribution in [0.25, 0.3) is 0 Å². The fourth-order valence-electron chi connectivity index (χ4n) is 1.46. The van der Waals surface area contributed by atoms with Crippen LogP contribution >= 0.6 is 11.8 Å². The van der Waals surface area contributed by atoms with Crippen LogP contribution in [0.1, 0.15) is 5.56 Å². The largest absolute Gasteiger partial charge is 0.379 e. The summed E-state index contributed by atoms with van der Waals surface area (Å²) < 4.78 is 18.6. The molecule has 82 valence electrons. The van der Waals surface area contributed by atoms with Crippen molar-refractivity contribution in [1.29, 1.82) is 0 Å². The summed E-state index contributed by atoms with van der Waals surface area (Å²) >= 11 is 1.71. The van der Waals surface area contributed by atoms with Crippen molar-refractivity contribution in [2.75, 3.05) is 20.3 Å². The first-order valence-electron chi connectivity index (χ1n) is 4.97. The number of rotatable bonds is 4. The molecule has 0 atom stereocenters. The Morgan fingerprint density at radius 1 is 1.53 bits per heavy atom. The highest BCUT2D eigenvalue weighted by Gasteiger charge is 2.21. The van der Waals surface area contributed by atoms with Gasteiger partial charge in [0.2, 0.25) is 0 Å². The van der Waals surface area contributed by atoms with Gasteiger partial charge in [-0.25, -0.2) is 4.39 Å². The first kappa shape index (κ1) is 10.9. The quantitative estimate of drug-likeness (QED) is 0.850. The van der Waals surface area contributed by atoms with Gasteiger partial charge in [-0.3, -0.25) is 0 Å². The highest BCUT2D eigenvalue weighted by molar-refractivity contribution is 8.00. The molecule has 1 aliphatic rings. The van der Waals surface area contributed by atoms with E-state index in [-0.39, 0.29) is 5.82 Å². The maximum Gasteiger partial charge on any atom is 0.128 e. The summed E-state index contributed by atoms with van der Waals surface area (Å²) in [5.41, 5.74) is 0.761. The summed E-state index contributed by atoms with van der Waals surface area (Å²) in [6.07, 6.45) is 0. The lowest BCUT2D eigenvalue weighted by molar-refractivity contribution is 0.0455. The van der Waals surface area contributed by atoms with E-state index in [0.29, 0.717) is 11.8 Å². The van der Waals surface area contributed by atoms with E-state index in [4.69, 9.17) is 4.74 Å². The molecule has 1 fully saturated rings. The van der Waals surface area contributed by atoms with Gasteiger partial charge in [0.15, 0.2) is 0 Å². The van der Waals surface area contributed by atoms with Crippen molar-refractivity contribution in [2.45, 2.75) is 16.7 Å². The van der Waals surface area contributed by atoms with Crippen molar-refractivity contribution in [2.24, 2.45) is 0 Å². The lowest BCUT2D eigenvalue weighted by atomic mass is 10.2. The third-order valence-electron chi connectivity index (χ3n) is 2.33. The van der Waals surface area contributed by atoms with Crippen LogP contribution in [0, 0.1) is 5.82 Å². The molecule has 1 aromatic carbocycles. The van der Waals surface area contributed by atoms with E-state index in [2.05, 4.69) is 5.32 Å². The monoisotopic (exact) mass is 227 g/mol. The van der Waals surface area contributed by atoms with Gasteiger partial charge in [-0.15, -0.1) is 11.8 Å². The van der Waals surface area contributed by atoms with E-state index >= 15 is 0 Å². The molecule has 0 aliphatic carbocycles. The van der Waals surface area contributed by atoms with Crippen molar-refractivity contribution in [1.82, 2.24) is 5.32 Å². The first-order chi connectivity index (χ1) is 7.31. The molecular weight excluding hydrogens is 213 g/mol. The molecule has 0 radical (unpaired) electrons. The van der Waals surface area contributed by atoms with Crippen LogP contribution in [0.3, 0.4) is 0 Å². The van der Waals surface area contributed by atoms with Crippen LogP contribution in [0.15, 0.2) is 23.1 Å². The van der Waals surface area contributed by atoms with Crippen molar-refractivity contribution in [3.63, 3.8) is 0 Å². The van der Waals surface area contributed by atoms with E-state index in [9.17, 15) is 4.39 Å². The summed E-state index contributed by atoms with van der Waals surface area (Å²) in [4.78, 5) is 1.03. The number of nitrogens with one attached hydrogen (secondary N) is 1. The van der Waals surface area contributed by atoms with Crippen LogP contribution in [0.2, 0.25) is 0 Å². The predicted octanol–water partition coefficient (Wildman–Crippen LogP) is 2.04. The molecule has 1 aromatic rings. The van der Waals surface area contributed by atoms with Crippen LogP contribution in [0.4, 0.5) is 4.39 Å². The predicted molar refractivity (Wildman–Crippen MR) is 59.6 cm³/mol. The Balaban J connectivity index is 2.15. The Morgan fingerprint density at radius 2 is 2.33 bits per heavy atom. The number of hydrogen-bond donors (Lipinski definition) is 1. The Labute approximate surface area is 93.2 Å². The van der Waals surface area contributed by atoms with Crippen LogP contribution in [0.5, 0.6) is 0 Å². The Hall–Kier alpha value is -0.580. The average molecular weight is 227 g/mol. The van der Waals surface area contributed by atoms with Gasteiger partial charge in [-0.2, -0.15) is 0 Å². The van der Waals surface area contributed by atoms with Gasteiger partial charge in [0.1, 0.15) is 5.82 Å². The first-order valence-corrected chi connectivity index (χ1v) is 5.85. The standard InChI is InChI=1S/C11H14FNOS/c1-13-5-9-10(12)3-2-4-11(9)15-8-6-14-7-8/h2-4,8,13H,5-7H2,1H3. The van der Waals surface area contributed by atoms with Crippen LogP contribution in [-0.2, 0) is 11.3 Å². The van der Waals surface area contributed by atoms with E-state index in [0.717, 1.165) is 23.7 Å². The van der Waals surface area contributed by atoms with Gasteiger partial charge in [-0.1, -0.05) is 6.07 Å². The summed E-state index contributed by atoms with van der Waals surface area (Å²) in [5, 5.41) is 3.48. The molecule has 0 unspecified atom stereocenters. The van der Waals surface area contributed by atoms with E-state index in [1.807, 2.05) is 13.1 Å². The van der Waals surface area contributed by atoms with Gasteiger partial charge in [0.25, 0.3) is 0 Å². The van der Waals surface area contributed by atoms with Crippen LogP contribution in [-0.4, -0.2) is 25.5 Å². The van der Waals surface area contributed by atoms with Gasteiger partial charge < -0.3 is 10.1 Å². The second kappa shape index (κ2) is 4.96. The normalized spacial score (nSPS) is 16.4. The minimum atomic E-state index is -0.130. The Morgan fingerprint density at radius 3 is 2.93 bits per heavy atom. The number of ether oxygens (including phenoxy) is 1. The summed E-state index contributed by atoms with van der Waals surface area (Å²) in [7, 11) is 1.83. The number of halogens is 1. The number of benzene rings is 1. The fraction of sp³-hybridized carbons (Fsp3) is 0.455. The molecule has 2 nitrogen and oxygen atoms in total. The SMILES string of the molecule is CNCc1c(F)cccc1SC1COC1. The molecule has 0 bridgehead atoms. The van der Waals surface area contributed by atoms with Crippen LogP contribution < -0.4 is 5.32 Å². The minimum absolute atomic E-state index is 0.130. The van der Waals surface area contributed by atoms with E-state index in [1.54, 1.807) is 17.8 Å². The van der Waals surface area contributed by atoms with Gasteiger partial charge in [0, 0.05) is 17.0 Å². The maximum absolute atomic E-state index is 13.5. The fourth-order valence-corrected chi connectivity index (χ4v) is 2.62. The molecule has 0 aromatic heterocycles. The van der Waals surface area contributed by atoms with E-state index in [1.165, 1.54) is 6.07 Å². The molecule has 1 aliphatic heterocycles. The topological polar surface area (TPSA) is 21.3 Å². The number of hydrogen-bond acceptors (Lipinski definition) is 3. The van der Waals surface area contributed by atoms with Crippen molar-refractivity contribution in [3.05, 3.63) is 29.6 Å². The summed E-state index contributed by atoms with van der Waals surface area (Å²) in [6.45, 7) is 2.13. The highest BCUT2D eigenvalue weighted by Crippen LogP contribution is 2.31. The van der Waals surface area contributed by atoms with Crippen molar-refractivity contribution < 1.29 is 9.13 Å². The molecular formula is C11H14FNOS. The Bertz CT molecular complexity index is 341. The lowest BCUT2D eigenvalue weighted by Gasteiger charge is -2.26. The second-order valence-electron chi connectivity index (χ2n) is 3.52. The van der Waals surface area contributed by atoms with Gasteiger partial charge >= 0.3 is 0 Å². The molecule has 15 heavy (non-hydrogen) atoms. The molecule has 4 heteroatoms. The molecule has 2 rings (SSSR count). The third-order valence-corrected chi connectivity index (χ3v) is 3.57. The van der Waals surface area contributed by atoms with Crippen molar-refractivity contribution in [3.8, 4) is 0 Å². The van der Waals surface area contributed by atoms with Crippen molar-refractivity contribution >= 4 is 11.8 Å². The summed E-state index contributed by atoms with van der Waals surface area (Å²) in [6, 6.07) is 5.24. The molecule has 0 amide bonds. The molecule has 1 heterocycles. The molecule has 0 spiro atoms. The molecule has 1 saturated heterocycles. The highest BCUT2D eigenvalue weighted by atomic mass is 32.2. The lowest BCUT2D eigenvalue weighted by Crippen LogP contribution is -2.30.